The third-order valence-electron chi connectivity index (χ3n) is 3.53. The fourth-order valence-electron chi connectivity index (χ4n) is 2.44. The molecule has 6 heteroatoms. The van der Waals surface area contributed by atoms with E-state index in [1.165, 1.54) is 12.8 Å². The van der Waals surface area contributed by atoms with Gasteiger partial charge in [-0.2, -0.15) is 0 Å². The van der Waals surface area contributed by atoms with Gasteiger partial charge in [0.2, 0.25) is 0 Å². The van der Waals surface area contributed by atoms with Crippen LogP contribution in [-0.2, 0) is 22.8 Å². The summed E-state index contributed by atoms with van der Waals surface area (Å²) in [5.41, 5.74) is -0.684. The minimum Gasteiger partial charge on any atom is -0.465 e. The van der Waals surface area contributed by atoms with Crippen molar-refractivity contribution >= 4 is 14.8 Å². The zero-order chi connectivity index (χ0) is 17.8. The van der Waals surface area contributed by atoms with Gasteiger partial charge >= 0.3 is 14.8 Å². The standard InChI is InChI=1S/C17H36O5Si/c1-7-11-12-13-14-19-16(18)17(5,6)15-23(20-8-2,21-9-3)22-10-4/h7-15H2,1-6H3. The van der Waals surface area contributed by atoms with Crippen LogP contribution in [0.5, 0.6) is 0 Å². The number of hydrogen-bond acceptors (Lipinski definition) is 5. The topological polar surface area (TPSA) is 54.0 Å². The first-order chi connectivity index (χ1) is 10.9. The fraction of sp³-hybridized carbons (Fsp3) is 0.941. The molecule has 23 heavy (non-hydrogen) atoms. The molecule has 0 amide bonds. The average molecular weight is 349 g/mol. The molecule has 0 unspecified atom stereocenters. The zero-order valence-electron chi connectivity index (χ0n) is 15.9. The summed E-state index contributed by atoms with van der Waals surface area (Å²) in [5.74, 6) is -0.204. The van der Waals surface area contributed by atoms with Gasteiger partial charge in [-0.1, -0.05) is 26.2 Å². The summed E-state index contributed by atoms with van der Waals surface area (Å²) in [6.45, 7) is 13.7. The molecule has 0 spiro atoms. The first-order valence-corrected chi connectivity index (χ1v) is 10.9. The maximum absolute atomic E-state index is 12.4. The molecule has 0 aliphatic rings. The molecule has 0 aromatic carbocycles. The van der Waals surface area contributed by atoms with E-state index in [1.807, 2.05) is 34.6 Å². The Morgan fingerprint density at radius 1 is 0.870 bits per heavy atom. The molecule has 0 atom stereocenters. The molecule has 0 aromatic heterocycles. The SMILES string of the molecule is CCCCCCOC(=O)C(C)(C)C[Si](OCC)(OCC)OCC. The molecule has 0 radical (unpaired) electrons. The van der Waals surface area contributed by atoms with Crippen LogP contribution in [0.4, 0.5) is 0 Å². The summed E-state index contributed by atoms with van der Waals surface area (Å²) < 4.78 is 23.0. The molecule has 0 bridgehead atoms. The third-order valence-corrected chi connectivity index (χ3v) is 7.04. The van der Waals surface area contributed by atoms with Crippen molar-refractivity contribution in [3.8, 4) is 0 Å². The Morgan fingerprint density at radius 3 is 1.83 bits per heavy atom. The van der Waals surface area contributed by atoms with Crippen LogP contribution in [0.1, 0.15) is 67.2 Å². The van der Waals surface area contributed by atoms with Crippen LogP contribution in [0.15, 0.2) is 0 Å². The lowest BCUT2D eigenvalue weighted by Crippen LogP contribution is -2.50. The van der Waals surface area contributed by atoms with Crippen LogP contribution < -0.4 is 0 Å². The monoisotopic (exact) mass is 348 g/mol. The molecule has 0 heterocycles. The van der Waals surface area contributed by atoms with Gasteiger partial charge in [0, 0.05) is 25.9 Å². The van der Waals surface area contributed by atoms with Crippen LogP contribution in [-0.4, -0.2) is 41.2 Å². The Labute approximate surface area is 143 Å². The molecule has 138 valence electrons. The molecule has 0 fully saturated rings. The first kappa shape index (κ1) is 22.6. The highest BCUT2D eigenvalue weighted by Crippen LogP contribution is 2.32. The van der Waals surface area contributed by atoms with E-state index in [2.05, 4.69) is 6.92 Å². The normalized spacial score (nSPS) is 12.4. The van der Waals surface area contributed by atoms with Crippen LogP contribution in [0.25, 0.3) is 0 Å². The van der Waals surface area contributed by atoms with Gasteiger partial charge in [-0.25, -0.2) is 0 Å². The van der Waals surface area contributed by atoms with Crippen LogP contribution >= 0.6 is 0 Å². The van der Waals surface area contributed by atoms with Crippen molar-refractivity contribution in [1.82, 2.24) is 0 Å². The second kappa shape index (κ2) is 12.0. The smallest absolute Gasteiger partial charge is 0.465 e. The maximum atomic E-state index is 12.4. The van der Waals surface area contributed by atoms with Crippen molar-refractivity contribution in [2.45, 2.75) is 73.3 Å². The van der Waals surface area contributed by atoms with E-state index in [0.29, 0.717) is 32.5 Å². The number of carbonyl (C=O) groups is 1. The van der Waals surface area contributed by atoms with Crippen molar-refractivity contribution in [2.75, 3.05) is 26.4 Å². The fourth-order valence-corrected chi connectivity index (χ4v) is 5.54. The number of hydrogen-bond donors (Lipinski definition) is 0. The Hall–Kier alpha value is -0.433. The van der Waals surface area contributed by atoms with Gasteiger partial charge in [-0.05, 0) is 41.0 Å². The molecule has 0 aliphatic carbocycles. The highest BCUT2D eigenvalue weighted by Gasteiger charge is 2.48. The van der Waals surface area contributed by atoms with Crippen LogP contribution in [0, 0.1) is 5.41 Å². The summed E-state index contributed by atoms with van der Waals surface area (Å²) >= 11 is 0. The molecule has 0 rings (SSSR count). The molecule has 0 saturated carbocycles. The number of carbonyl (C=O) groups excluding carboxylic acids is 1. The van der Waals surface area contributed by atoms with Crippen LogP contribution in [0.3, 0.4) is 0 Å². The number of ether oxygens (including phenoxy) is 1. The Balaban J connectivity index is 4.69. The minimum atomic E-state index is -2.85. The Morgan fingerprint density at radius 2 is 1.39 bits per heavy atom. The van der Waals surface area contributed by atoms with E-state index in [1.54, 1.807) is 0 Å². The molecule has 0 saturated heterocycles. The quantitative estimate of drug-likeness (QED) is 0.268. The molecule has 0 aromatic rings. The summed E-state index contributed by atoms with van der Waals surface area (Å²) in [7, 11) is -2.85. The van der Waals surface area contributed by atoms with Gasteiger partial charge in [0.05, 0.1) is 12.0 Å². The second-order valence-electron chi connectivity index (χ2n) is 6.24. The van der Waals surface area contributed by atoms with Gasteiger partial charge in [0.15, 0.2) is 0 Å². The minimum absolute atomic E-state index is 0.204. The summed E-state index contributed by atoms with van der Waals surface area (Å²) in [5, 5.41) is 0. The van der Waals surface area contributed by atoms with Crippen molar-refractivity contribution in [1.29, 1.82) is 0 Å². The largest absolute Gasteiger partial charge is 0.502 e. The van der Waals surface area contributed by atoms with Crippen molar-refractivity contribution < 1.29 is 22.8 Å². The highest BCUT2D eigenvalue weighted by atomic mass is 28.4. The van der Waals surface area contributed by atoms with E-state index in [-0.39, 0.29) is 5.97 Å². The number of unbranched alkanes of at least 4 members (excludes halogenated alkanes) is 3. The van der Waals surface area contributed by atoms with E-state index in [9.17, 15) is 4.79 Å². The van der Waals surface area contributed by atoms with Gasteiger partial charge in [-0.15, -0.1) is 0 Å². The van der Waals surface area contributed by atoms with Crippen molar-refractivity contribution in [2.24, 2.45) is 5.41 Å². The van der Waals surface area contributed by atoms with Gasteiger partial charge in [-0.3, -0.25) is 4.79 Å². The third kappa shape index (κ3) is 8.84. The van der Waals surface area contributed by atoms with Gasteiger partial charge in [0.1, 0.15) is 0 Å². The maximum Gasteiger partial charge on any atom is 0.502 e. The van der Waals surface area contributed by atoms with Crippen molar-refractivity contribution in [3.05, 3.63) is 0 Å². The molecular formula is C17H36O5Si. The first-order valence-electron chi connectivity index (χ1n) is 8.96. The van der Waals surface area contributed by atoms with Crippen LogP contribution in [0.2, 0.25) is 6.04 Å². The summed E-state index contributed by atoms with van der Waals surface area (Å²) in [6.07, 6.45) is 4.36. The number of esters is 1. The van der Waals surface area contributed by atoms with Gasteiger partial charge < -0.3 is 18.0 Å². The molecule has 0 aliphatic heterocycles. The summed E-state index contributed by atoms with van der Waals surface area (Å²) in [6, 6.07) is 0.434. The van der Waals surface area contributed by atoms with E-state index in [4.69, 9.17) is 18.0 Å². The lowest BCUT2D eigenvalue weighted by atomic mass is 9.97. The predicted octanol–water partition coefficient (Wildman–Crippen LogP) is 4.18. The molecule has 5 nitrogen and oxygen atoms in total. The van der Waals surface area contributed by atoms with E-state index in [0.717, 1.165) is 12.8 Å². The Kier molecular flexibility index (Phi) is 11.8. The lowest BCUT2D eigenvalue weighted by molar-refractivity contribution is -0.153. The molecular weight excluding hydrogens is 312 g/mol. The number of rotatable bonds is 14. The van der Waals surface area contributed by atoms with Crippen molar-refractivity contribution in [3.63, 3.8) is 0 Å². The predicted molar refractivity (Wildman–Crippen MR) is 94.3 cm³/mol. The van der Waals surface area contributed by atoms with E-state index < -0.39 is 14.2 Å². The Bertz CT molecular complexity index is 303. The highest BCUT2D eigenvalue weighted by molar-refractivity contribution is 6.61. The van der Waals surface area contributed by atoms with E-state index >= 15 is 0 Å². The van der Waals surface area contributed by atoms with Gasteiger partial charge in [0.25, 0.3) is 0 Å². The second-order valence-corrected chi connectivity index (χ2v) is 8.82. The lowest BCUT2D eigenvalue weighted by Gasteiger charge is -2.34. The summed E-state index contributed by atoms with van der Waals surface area (Å²) in [4.78, 5) is 12.4. The average Bonchev–Trinajstić information content (AvgIpc) is 2.47. The molecule has 0 N–H and O–H groups in total. The zero-order valence-corrected chi connectivity index (χ0v) is 16.9.